The smallest absolute Gasteiger partial charge is 0.410 e. The lowest BCUT2D eigenvalue weighted by Gasteiger charge is -2.05. The van der Waals surface area contributed by atoms with E-state index in [0.29, 0.717) is 0 Å². The number of amides is 1. The van der Waals surface area contributed by atoms with Gasteiger partial charge in [0.2, 0.25) is 0 Å². The van der Waals surface area contributed by atoms with Crippen LogP contribution in [0.3, 0.4) is 0 Å². The molecule has 4 N–H and O–H groups in total. The minimum absolute atomic E-state index is 0.123. The molecule has 0 aliphatic heterocycles. The van der Waals surface area contributed by atoms with Gasteiger partial charge in [-0.1, -0.05) is 0 Å². The molecule has 1 atom stereocenters. The summed E-state index contributed by atoms with van der Waals surface area (Å²) in [6, 6.07) is 1.46. The van der Waals surface area contributed by atoms with E-state index in [9.17, 15) is 4.79 Å². The van der Waals surface area contributed by atoms with Crippen molar-refractivity contribution < 1.29 is 20.1 Å². The number of aliphatic hydroxyl groups is 2. The van der Waals surface area contributed by atoms with Gasteiger partial charge in [0.25, 0.3) is 0 Å². The molecule has 0 unspecified atom stereocenters. The van der Waals surface area contributed by atoms with Crippen molar-refractivity contribution in [2.75, 3.05) is 11.9 Å². The summed E-state index contributed by atoms with van der Waals surface area (Å²) in [6.45, 7) is -0.237. The predicted molar refractivity (Wildman–Crippen MR) is 47.0 cm³/mol. The van der Waals surface area contributed by atoms with Gasteiger partial charge in [0.05, 0.1) is 19.3 Å². The summed E-state index contributed by atoms with van der Waals surface area (Å²) in [4.78, 5) is 10.2. The van der Waals surface area contributed by atoms with Gasteiger partial charge in [-0.15, -0.1) is 0 Å². The van der Waals surface area contributed by atoms with E-state index in [4.69, 9.17) is 15.3 Å². The Bertz CT molecular complexity index is 312. The summed E-state index contributed by atoms with van der Waals surface area (Å²) >= 11 is 0. The Kier molecular flexibility index (Phi) is 3.43. The number of rotatable bonds is 4. The van der Waals surface area contributed by atoms with Crippen LogP contribution in [0.15, 0.2) is 12.3 Å². The minimum atomic E-state index is -1.20. The molecule has 1 heterocycles. The summed E-state index contributed by atoms with van der Waals surface area (Å²) < 4.78 is 1.34. The van der Waals surface area contributed by atoms with Crippen LogP contribution in [0, 0.1) is 0 Å². The van der Waals surface area contributed by atoms with E-state index in [1.807, 2.05) is 0 Å². The predicted octanol–water partition coefficient (Wildman–Crippen LogP) is -0.674. The van der Waals surface area contributed by atoms with E-state index >= 15 is 0 Å². The van der Waals surface area contributed by atoms with Crippen molar-refractivity contribution in [3.63, 3.8) is 0 Å². The average molecular weight is 201 g/mol. The fourth-order valence-electron chi connectivity index (χ4n) is 0.913. The molecule has 0 spiro atoms. The Morgan fingerprint density at radius 2 is 2.43 bits per heavy atom. The number of hydrogen-bond acceptors (Lipinski definition) is 4. The largest absolute Gasteiger partial charge is 0.465 e. The van der Waals surface area contributed by atoms with E-state index in [0.717, 1.165) is 0 Å². The maximum atomic E-state index is 10.2. The molecule has 1 amide bonds. The van der Waals surface area contributed by atoms with E-state index in [1.54, 1.807) is 0 Å². The first-order valence-electron chi connectivity index (χ1n) is 3.94. The topological polar surface area (TPSA) is 108 Å². The molecule has 0 bridgehead atoms. The summed E-state index contributed by atoms with van der Waals surface area (Å²) in [6.07, 6.45) is -0.588. The van der Waals surface area contributed by atoms with Crippen LogP contribution < -0.4 is 5.32 Å². The van der Waals surface area contributed by atoms with Crippen molar-refractivity contribution in [1.82, 2.24) is 9.78 Å². The quantitative estimate of drug-likeness (QED) is 0.516. The highest BCUT2D eigenvalue weighted by Crippen LogP contribution is 2.02. The molecule has 0 radical (unpaired) electrons. The third kappa shape index (κ3) is 3.04. The molecule has 7 nitrogen and oxygen atoms in total. The molecule has 14 heavy (non-hydrogen) atoms. The fraction of sp³-hybridized carbons (Fsp3) is 0.429. The summed E-state index contributed by atoms with van der Waals surface area (Å²) in [5.74, 6) is 0.183. The highest BCUT2D eigenvalue weighted by molar-refractivity contribution is 5.81. The van der Waals surface area contributed by atoms with Crippen LogP contribution in [0.1, 0.15) is 0 Å². The fourth-order valence-corrected chi connectivity index (χ4v) is 0.913. The molecule has 0 aliphatic rings. The van der Waals surface area contributed by atoms with Crippen LogP contribution in [0.25, 0.3) is 0 Å². The number of hydrogen-bond donors (Lipinski definition) is 4. The Morgan fingerprint density at radius 1 is 1.71 bits per heavy atom. The first kappa shape index (κ1) is 10.5. The molecule has 1 aromatic heterocycles. The van der Waals surface area contributed by atoms with E-state index in [1.165, 1.54) is 16.9 Å². The summed E-state index contributed by atoms with van der Waals surface area (Å²) in [5.41, 5.74) is 0. The number of aliphatic hydroxyl groups excluding tert-OH is 2. The lowest BCUT2D eigenvalue weighted by molar-refractivity contribution is 0.0783. The molecule has 7 heteroatoms. The molecule has 0 saturated carbocycles. The Hall–Kier alpha value is -1.60. The Labute approximate surface area is 79.6 Å². The SMILES string of the molecule is O=C(O)Nc1ccn(C[C@@H](O)CO)n1. The number of nitrogens with one attached hydrogen (secondary N) is 1. The van der Waals surface area contributed by atoms with Crippen molar-refractivity contribution in [3.05, 3.63) is 12.3 Å². The lowest BCUT2D eigenvalue weighted by Crippen LogP contribution is -2.20. The highest BCUT2D eigenvalue weighted by Gasteiger charge is 2.06. The standard InChI is InChI=1S/C7H11N3O4/c11-4-5(12)3-10-2-1-6(9-10)8-7(13)14/h1-2,5,11-12H,3-4H2,(H,8,9)(H,13,14)/t5-/m1/s1. The zero-order valence-electron chi connectivity index (χ0n) is 7.29. The monoisotopic (exact) mass is 201 g/mol. The second-order valence-corrected chi connectivity index (χ2v) is 2.69. The van der Waals surface area contributed by atoms with Gasteiger partial charge in [-0.3, -0.25) is 10.00 Å². The van der Waals surface area contributed by atoms with Gasteiger partial charge in [-0.2, -0.15) is 5.10 Å². The molecule has 1 rings (SSSR count). The molecular formula is C7H11N3O4. The highest BCUT2D eigenvalue weighted by atomic mass is 16.4. The Morgan fingerprint density at radius 3 is 3.00 bits per heavy atom. The number of aromatic nitrogens is 2. The molecule has 0 saturated heterocycles. The van der Waals surface area contributed by atoms with Gasteiger partial charge >= 0.3 is 6.09 Å². The van der Waals surface area contributed by atoms with Gasteiger partial charge < -0.3 is 15.3 Å². The van der Waals surface area contributed by atoms with Crippen molar-refractivity contribution in [2.24, 2.45) is 0 Å². The second kappa shape index (κ2) is 4.58. The van der Waals surface area contributed by atoms with Gasteiger partial charge in [-0.05, 0) is 0 Å². The van der Waals surface area contributed by atoms with Crippen LogP contribution in [-0.2, 0) is 6.54 Å². The third-order valence-corrected chi connectivity index (χ3v) is 1.48. The lowest BCUT2D eigenvalue weighted by atomic mass is 10.4. The van der Waals surface area contributed by atoms with Crippen LogP contribution in [0.2, 0.25) is 0 Å². The Balaban J connectivity index is 2.54. The van der Waals surface area contributed by atoms with E-state index < -0.39 is 12.2 Å². The average Bonchev–Trinajstić information content (AvgIpc) is 2.51. The zero-order valence-corrected chi connectivity index (χ0v) is 7.29. The van der Waals surface area contributed by atoms with Crippen molar-refractivity contribution in [3.8, 4) is 0 Å². The molecular weight excluding hydrogens is 190 g/mol. The first-order chi connectivity index (χ1) is 6.61. The van der Waals surface area contributed by atoms with Gasteiger partial charge in [-0.25, -0.2) is 4.79 Å². The molecule has 0 aliphatic carbocycles. The molecule has 78 valence electrons. The number of anilines is 1. The summed E-state index contributed by atoms with van der Waals surface area (Å²) in [7, 11) is 0. The molecule has 1 aromatic rings. The summed E-state index contributed by atoms with van der Waals surface area (Å²) in [5, 5.41) is 31.8. The zero-order chi connectivity index (χ0) is 10.6. The second-order valence-electron chi connectivity index (χ2n) is 2.69. The van der Waals surface area contributed by atoms with Crippen molar-refractivity contribution >= 4 is 11.9 Å². The number of carbonyl (C=O) groups is 1. The van der Waals surface area contributed by atoms with Crippen LogP contribution in [0.4, 0.5) is 10.6 Å². The number of carboxylic acid groups (broad SMARTS) is 1. The van der Waals surface area contributed by atoms with Crippen LogP contribution in [-0.4, -0.2) is 43.9 Å². The van der Waals surface area contributed by atoms with E-state index in [2.05, 4.69) is 10.4 Å². The van der Waals surface area contributed by atoms with Crippen LogP contribution in [0.5, 0.6) is 0 Å². The normalized spacial score (nSPS) is 12.4. The van der Waals surface area contributed by atoms with Crippen LogP contribution >= 0.6 is 0 Å². The maximum Gasteiger partial charge on any atom is 0.410 e. The third-order valence-electron chi connectivity index (χ3n) is 1.48. The minimum Gasteiger partial charge on any atom is -0.465 e. The number of nitrogens with zero attached hydrogens (tertiary/aromatic N) is 2. The first-order valence-corrected chi connectivity index (χ1v) is 3.94. The van der Waals surface area contributed by atoms with Crippen molar-refractivity contribution in [2.45, 2.75) is 12.6 Å². The van der Waals surface area contributed by atoms with E-state index in [-0.39, 0.29) is 19.0 Å². The van der Waals surface area contributed by atoms with Crippen molar-refractivity contribution in [1.29, 1.82) is 0 Å². The molecule has 0 fully saturated rings. The maximum absolute atomic E-state index is 10.2. The van der Waals surface area contributed by atoms with Gasteiger partial charge in [0.15, 0.2) is 5.82 Å². The molecule has 0 aromatic carbocycles. The van der Waals surface area contributed by atoms with Gasteiger partial charge in [0, 0.05) is 12.3 Å². The van der Waals surface area contributed by atoms with Gasteiger partial charge in [0.1, 0.15) is 0 Å².